The van der Waals surface area contributed by atoms with E-state index < -0.39 is 0 Å². The van der Waals surface area contributed by atoms with Gasteiger partial charge in [-0.2, -0.15) is 4.98 Å². The molecule has 0 atom stereocenters. The van der Waals surface area contributed by atoms with Crippen molar-refractivity contribution in [3.63, 3.8) is 0 Å². The molecule has 1 heterocycles. The van der Waals surface area contributed by atoms with Crippen LogP contribution in [-0.4, -0.2) is 16.6 Å². The summed E-state index contributed by atoms with van der Waals surface area (Å²) in [6, 6.07) is 13.6. The Morgan fingerprint density at radius 3 is 2.50 bits per heavy atom. The van der Waals surface area contributed by atoms with Gasteiger partial charge in [0.2, 0.25) is 5.88 Å². The lowest BCUT2D eigenvalue weighted by Gasteiger charge is -2.14. The van der Waals surface area contributed by atoms with Crippen LogP contribution in [0.5, 0.6) is 17.4 Å². The second-order valence-electron chi connectivity index (χ2n) is 5.92. The summed E-state index contributed by atoms with van der Waals surface area (Å²) in [6.07, 6.45) is 1.42. The largest absolute Gasteiger partial charge is 0.492 e. The van der Waals surface area contributed by atoms with Gasteiger partial charge in [-0.15, -0.1) is 0 Å². The summed E-state index contributed by atoms with van der Waals surface area (Å²) in [5.74, 6) is 2.19. The van der Waals surface area contributed by atoms with E-state index in [4.69, 9.17) is 15.2 Å². The summed E-state index contributed by atoms with van der Waals surface area (Å²) < 4.78 is 11.5. The van der Waals surface area contributed by atoms with Gasteiger partial charge in [0.05, 0.1) is 12.3 Å². The molecule has 0 aliphatic heterocycles. The molecule has 2 aromatic carbocycles. The van der Waals surface area contributed by atoms with Gasteiger partial charge in [0.25, 0.3) is 0 Å². The normalized spacial score (nSPS) is 10.4. The first kappa shape index (κ1) is 17.5. The fourth-order valence-electron chi connectivity index (χ4n) is 2.64. The Balaban J connectivity index is 1.88. The number of nitrogens with zero attached hydrogens (tertiary/aromatic N) is 2. The van der Waals surface area contributed by atoms with Gasteiger partial charge in [0.1, 0.15) is 23.5 Å². The zero-order valence-corrected chi connectivity index (χ0v) is 15.1. The van der Waals surface area contributed by atoms with Crippen molar-refractivity contribution >= 4 is 17.2 Å². The van der Waals surface area contributed by atoms with Crippen LogP contribution in [0, 0.1) is 13.8 Å². The molecule has 0 aliphatic carbocycles. The van der Waals surface area contributed by atoms with Gasteiger partial charge in [-0.05, 0) is 56.2 Å². The summed E-state index contributed by atoms with van der Waals surface area (Å²) in [4.78, 5) is 8.39. The average molecular weight is 350 g/mol. The van der Waals surface area contributed by atoms with Crippen LogP contribution in [-0.2, 0) is 0 Å². The minimum absolute atomic E-state index is 0.307. The standard InChI is InChI=1S/C20H22N4O2/c1-4-25-17-8-6-5-7-16(17)24-19-18(21)20(23-12-22-19)26-15-10-13(2)9-14(3)11-15/h5-12H,4,21H2,1-3H3,(H,22,23,24). The molecular weight excluding hydrogens is 328 g/mol. The summed E-state index contributed by atoms with van der Waals surface area (Å²) in [7, 11) is 0. The van der Waals surface area contributed by atoms with Crippen molar-refractivity contribution in [2.45, 2.75) is 20.8 Å². The molecule has 6 heteroatoms. The fourth-order valence-corrected chi connectivity index (χ4v) is 2.64. The summed E-state index contributed by atoms with van der Waals surface area (Å²) in [5.41, 5.74) is 9.55. The monoisotopic (exact) mass is 350 g/mol. The molecule has 134 valence electrons. The maximum absolute atomic E-state index is 6.23. The summed E-state index contributed by atoms with van der Waals surface area (Å²) in [6.45, 7) is 6.53. The first-order chi connectivity index (χ1) is 12.6. The van der Waals surface area contributed by atoms with E-state index in [1.807, 2.05) is 57.2 Å². The van der Waals surface area contributed by atoms with E-state index in [0.29, 0.717) is 29.7 Å². The van der Waals surface area contributed by atoms with Crippen LogP contribution in [0.25, 0.3) is 0 Å². The molecule has 26 heavy (non-hydrogen) atoms. The highest BCUT2D eigenvalue weighted by molar-refractivity contribution is 5.74. The number of aromatic nitrogens is 2. The molecule has 0 saturated carbocycles. The number of hydrogen-bond donors (Lipinski definition) is 2. The highest BCUT2D eigenvalue weighted by Gasteiger charge is 2.13. The lowest BCUT2D eigenvalue weighted by atomic mass is 10.1. The van der Waals surface area contributed by atoms with Gasteiger partial charge in [-0.1, -0.05) is 18.2 Å². The minimum atomic E-state index is 0.307. The van der Waals surface area contributed by atoms with Gasteiger partial charge in [-0.3, -0.25) is 0 Å². The Bertz CT molecular complexity index is 892. The van der Waals surface area contributed by atoms with Crippen LogP contribution in [0.3, 0.4) is 0 Å². The molecule has 0 unspecified atom stereocenters. The molecule has 3 rings (SSSR count). The molecule has 0 fully saturated rings. The number of ether oxygens (including phenoxy) is 2. The quantitative estimate of drug-likeness (QED) is 0.675. The Labute approximate surface area is 153 Å². The third kappa shape index (κ3) is 4.03. The Morgan fingerprint density at radius 1 is 1.04 bits per heavy atom. The predicted molar refractivity (Wildman–Crippen MR) is 103 cm³/mol. The number of nitrogen functional groups attached to an aromatic ring is 1. The van der Waals surface area contributed by atoms with Crippen molar-refractivity contribution < 1.29 is 9.47 Å². The number of aryl methyl sites for hydroxylation is 2. The second-order valence-corrected chi connectivity index (χ2v) is 5.92. The third-order valence-corrected chi connectivity index (χ3v) is 3.70. The molecule has 1 aromatic heterocycles. The number of hydrogen-bond acceptors (Lipinski definition) is 6. The van der Waals surface area contributed by atoms with E-state index in [1.165, 1.54) is 6.33 Å². The van der Waals surface area contributed by atoms with Gasteiger partial charge in [0.15, 0.2) is 5.82 Å². The van der Waals surface area contributed by atoms with Gasteiger partial charge in [0, 0.05) is 0 Å². The average Bonchev–Trinajstić information content (AvgIpc) is 2.59. The molecule has 3 aromatic rings. The van der Waals surface area contributed by atoms with Crippen molar-refractivity contribution in [1.29, 1.82) is 0 Å². The molecule has 0 saturated heterocycles. The van der Waals surface area contributed by atoms with Gasteiger partial charge < -0.3 is 20.5 Å². The fraction of sp³-hybridized carbons (Fsp3) is 0.200. The summed E-state index contributed by atoms with van der Waals surface area (Å²) in [5, 5.41) is 3.19. The number of nitrogens with one attached hydrogen (secondary N) is 1. The van der Waals surface area contributed by atoms with Gasteiger partial charge in [-0.25, -0.2) is 4.98 Å². The van der Waals surface area contributed by atoms with E-state index in [1.54, 1.807) is 0 Å². The Hall–Kier alpha value is -3.28. The van der Waals surface area contributed by atoms with Crippen LogP contribution < -0.4 is 20.5 Å². The second kappa shape index (κ2) is 7.74. The topological polar surface area (TPSA) is 82.3 Å². The first-order valence-electron chi connectivity index (χ1n) is 8.42. The number of para-hydroxylation sites is 2. The van der Waals surface area contributed by atoms with Crippen LogP contribution in [0.4, 0.5) is 17.2 Å². The highest BCUT2D eigenvalue weighted by Crippen LogP contribution is 2.34. The Kier molecular flexibility index (Phi) is 5.22. The van der Waals surface area contributed by atoms with Crippen molar-refractivity contribution in [3.05, 3.63) is 59.9 Å². The summed E-state index contributed by atoms with van der Waals surface area (Å²) >= 11 is 0. The van der Waals surface area contributed by atoms with Crippen molar-refractivity contribution in [2.75, 3.05) is 17.7 Å². The Morgan fingerprint density at radius 2 is 1.77 bits per heavy atom. The van der Waals surface area contributed by atoms with E-state index in [9.17, 15) is 0 Å². The molecular formula is C20H22N4O2. The van der Waals surface area contributed by atoms with Crippen LogP contribution >= 0.6 is 0 Å². The van der Waals surface area contributed by atoms with Crippen molar-refractivity contribution in [1.82, 2.24) is 9.97 Å². The molecule has 0 radical (unpaired) electrons. The van der Waals surface area contributed by atoms with E-state index >= 15 is 0 Å². The van der Waals surface area contributed by atoms with E-state index in [0.717, 1.165) is 22.6 Å². The van der Waals surface area contributed by atoms with Crippen LogP contribution in [0.1, 0.15) is 18.1 Å². The number of rotatable bonds is 6. The molecule has 0 aliphatic rings. The van der Waals surface area contributed by atoms with Gasteiger partial charge >= 0.3 is 0 Å². The lowest BCUT2D eigenvalue weighted by Crippen LogP contribution is -2.04. The predicted octanol–water partition coefficient (Wildman–Crippen LogP) is 4.61. The lowest BCUT2D eigenvalue weighted by molar-refractivity contribution is 0.342. The van der Waals surface area contributed by atoms with E-state index in [2.05, 4.69) is 21.4 Å². The van der Waals surface area contributed by atoms with Crippen molar-refractivity contribution in [3.8, 4) is 17.4 Å². The van der Waals surface area contributed by atoms with Crippen LogP contribution in [0.2, 0.25) is 0 Å². The molecule has 0 spiro atoms. The molecule has 0 amide bonds. The van der Waals surface area contributed by atoms with Crippen LogP contribution in [0.15, 0.2) is 48.8 Å². The van der Waals surface area contributed by atoms with Crippen molar-refractivity contribution in [2.24, 2.45) is 0 Å². The number of benzene rings is 2. The molecule has 3 N–H and O–H groups in total. The maximum atomic E-state index is 6.23. The molecule has 0 bridgehead atoms. The smallest absolute Gasteiger partial charge is 0.248 e. The first-order valence-corrected chi connectivity index (χ1v) is 8.42. The SMILES string of the molecule is CCOc1ccccc1Nc1ncnc(Oc2cc(C)cc(C)c2)c1N. The number of anilines is 3. The highest BCUT2D eigenvalue weighted by atomic mass is 16.5. The zero-order chi connectivity index (χ0) is 18.5. The minimum Gasteiger partial charge on any atom is -0.492 e. The maximum Gasteiger partial charge on any atom is 0.248 e. The van der Waals surface area contributed by atoms with E-state index in [-0.39, 0.29) is 0 Å². The molecule has 6 nitrogen and oxygen atoms in total. The number of nitrogens with two attached hydrogens (primary N) is 1. The zero-order valence-electron chi connectivity index (χ0n) is 15.1. The third-order valence-electron chi connectivity index (χ3n) is 3.70.